The summed E-state index contributed by atoms with van der Waals surface area (Å²) < 4.78 is 38.7. The maximum atomic E-state index is 14.6. The maximum Gasteiger partial charge on any atom is 0.412 e. The number of anilines is 4. The summed E-state index contributed by atoms with van der Waals surface area (Å²) in [4.78, 5) is 54.8. The van der Waals surface area contributed by atoms with E-state index < -0.39 is 40.7 Å². The number of rotatable bonds is 32. The van der Waals surface area contributed by atoms with Crippen molar-refractivity contribution in [2.45, 2.75) is 67.3 Å². The summed E-state index contributed by atoms with van der Waals surface area (Å²) in [7, 11) is 3.31. The number of benzene rings is 12. The van der Waals surface area contributed by atoms with Gasteiger partial charge in [0.05, 0.1) is 6.61 Å². The lowest BCUT2D eigenvalue weighted by Crippen LogP contribution is -2.55. The summed E-state index contributed by atoms with van der Waals surface area (Å²) in [5.41, 5.74) is 6.85. The number of nitrogens with one attached hydrogen (secondary N) is 4. The Morgan fingerprint density at radius 3 is 0.774 bits per heavy atom. The zero-order chi connectivity index (χ0) is 73.3. The first-order valence-electron chi connectivity index (χ1n) is 35.8. The molecule has 534 valence electrons. The zero-order valence-corrected chi connectivity index (χ0v) is 59.5. The Balaban J connectivity index is 0.546. The average Bonchev–Trinajstić information content (AvgIpc) is 0.711. The van der Waals surface area contributed by atoms with E-state index in [1.54, 1.807) is 14.2 Å². The van der Waals surface area contributed by atoms with Crippen LogP contribution in [0, 0.1) is 0 Å². The van der Waals surface area contributed by atoms with E-state index in [1.807, 2.05) is 340 Å². The highest BCUT2D eigenvalue weighted by molar-refractivity contribution is 5.91. The predicted molar refractivity (Wildman–Crippen MR) is 418 cm³/mol. The van der Waals surface area contributed by atoms with Crippen LogP contribution in [0.2, 0.25) is 0 Å². The molecule has 0 fully saturated rings. The molecule has 0 saturated carbocycles. The second kappa shape index (κ2) is 35.8. The first-order valence-corrected chi connectivity index (χ1v) is 35.8. The minimum atomic E-state index is -1.54. The molecule has 0 aliphatic rings. The van der Waals surface area contributed by atoms with Gasteiger partial charge in [-0.15, -0.1) is 0 Å². The molecular weight excluding hydrogens is 1320 g/mol. The van der Waals surface area contributed by atoms with Gasteiger partial charge in [0, 0.05) is 78.9 Å². The molecule has 0 aliphatic heterocycles. The molecule has 0 bridgehead atoms. The van der Waals surface area contributed by atoms with Crippen LogP contribution in [0.3, 0.4) is 0 Å². The van der Waals surface area contributed by atoms with Gasteiger partial charge >= 0.3 is 18.3 Å². The molecule has 0 heterocycles. The molecule has 0 unspecified atom stereocenters. The van der Waals surface area contributed by atoms with Crippen molar-refractivity contribution in [3.05, 3.63) is 406 Å². The van der Waals surface area contributed by atoms with E-state index in [9.17, 15) is 19.2 Å². The lowest BCUT2D eigenvalue weighted by molar-refractivity contribution is -0.135. The Hall–Kier alpha value is -12.2. The molecule has 12 rings (SSSR count). The minimum absolute atomic E-state index is 0.0673. The third kappa shape index (κ3) is 17.0. The Morgan fingerprint density at radius 2 is 0.500 bits per heavy atom. The fourth-order valence-electron chi connectivity index (χ4n) is 14.1. The van der Waals surface area contributed by atoms with Crippen LogP contribution >= 0.6 is 0 Å². The van der Waals surface area contributed by atoms with Crippen LogP contribution in [0.15, 0.2) is 340 Å². The summed E-state index contributed by atoms with van der Waals surface area (Å²) in [6.45, 7) is 1.28. The molecule has 4 amide bonds. The molecule has 0 saturated heterocycles. The van der Waals surface area contributed by atoms with Gasteiger partial charge in [0.2, 0.25) is 17.1 Å². The monoisotopic (exact) mass is 1410 g/mol. The van der Waals surface area contributed by atoms with Crippen LogP contribution in [0.5, 0.6) is 0 Å². The van der Waals surface area contributed by atoms with Gasteiger partial charge in [-0.1, -0.05) is 291 Å². The normalized spacial score (nSPS) is 11.6. The zero-order valence-electron chi connectivity index (χ0n) is 59.5. The lowest BCUT2D eigenvalue weighted by atomic mass is 9.66. The highest BCUT2D eigenvalue weighted by Gasteiger charge is 2.61. The summed E-state index contributed by atoms with van der Waals surface area (Å²) in [6, 6.07) is 109. The van der Waals surface area contributed by atoms with E-state index in [0.717, 1.165) is 67.7 Å². The molecule has 0 spiro atoms. The van der Waals surface area contributed by atoms with Gasteiger partial charge in [-0.05, 0) is 132 Å². The number of hydrogen-bond acceptors (Lipinski definition) is 10. The van der Waals surface area contributed by atoms with Gasteiger partial charge in [0.15, 0.2) is 11.2 Å². The van der Waals surface area contributed by atoms with Crippen LogP contribution in [-0.2, 0) is 68.5 Å². The molecule has 0 aliphatic carbocycles. The summed E-state index contributed by atoms with van der Waals surface area (Å²) >= 11 is 0. The van der Waals surface area contributed by atoms with Crippen molar-refractivity contribution in [1.82, 2.24) is 0 Å². The third-order valence-electron chi connectivity index (χ3n) is 19.1. The molecule has 0 aromatic heterocycles. The van der Waals surface area contributed by atoms with Gasteiger partial charge in [0.25, 0.3) is 0 Å². The van der Waals surface area contributed by atoms with Gasteiger partial charge in [-0.3, -0.25) is 20.7 Å². The Labute approximate surface area is 620 Å². The van der Waals surface area contributed by atoms with Crippen molar-refractivity contribution in [2.75, 3.05) is 55.3 Å². The van der Waals surface area contributed by atoms with Crippen molar-refractivity contribution < 1.29 is 47.6 Å². The second-order valence-corrected chi connectivity index (χ2v) is 25.8. The van der Waals surface area contributed by atoms with Crippen LogP contribution in [0.25, 0.3) is 0 Å². The van der Waals surface area contributed by atoms with E-state index in [2.05, 4.69) is 21.3 Å². The van der Waals surface area contributed by atoms with Crippen molar-refractivity contribution in [3.8, 4) is 0 Å². The van der Waals surface area contributed by atoms with Gasteiger partial charge in [-0.25, -0.2) is 14.4 Å². The van der Waals surface area contributed by atoms with Crippen molar-refractivity contribution in [2.24, 2.45) is 0 Å². The van der Waals surface area contributed by atoms with Gasteiger partial charge in [-0.2, -0.15) is 0 Å². The van der Waals surface area contributed by atoms with E-state index in [0.29, 0.717) is 79.9 Å². The fraction of sp³-hybridized carbons (Fsp3) is 0.174. The molecule has 14 heteroatoms. The van der Waals surface area contributed by atoms with E-state index >= 15 is 0 Å². The van der Waals surface area contributed by atoms with Gasteiger partial charge in [0.1, 0.15) is 0 Å². The number of methoxy groups -OCH3 is 2. The van der Waals surface area contributed by atoms with Crippen LogP contribution < -0.4 is 21.3 Å². The minimum Gasteiger partial charge on any atom is -0.449 e. The van der Waals surface area contributed by atoms with Crippen LogP contribution in [0.1, 0.15) is 98.9 Å². The number of hydrogen-bond donors (Lipinski definition) is 4. The van der Waals surface area contributed by atoms with Crippen molar-refractivity contribution in [1.29, 1.82) is 0 Å². The molecule has 106 heavy (non-hydrogen) atoms. The SMILES string of the molecule is COC(c1ccccc1)(c1ccccc1)C(OC(=O)Nc1ccc(Cc2ccc(NC(=O)CCCCOCCCCOC(=O)Nc3ccc(Cc4ccc(NC(=O)OC(c5ccccc5)(c5ccccc5)C(OC)(c5ccccc5)c5ccccc5)cc4)cc3)cc2)cc1)(c1ccccc1)c1ccccc1. The fourth-order valence-corrected chi connectivity index (χ4v) is 14.1. The van der Waals surface area contributed by atoms with Crippen LogP contribution in [-0.4, -0.2) is 58.2 Å². The molecule has 0 radical (unpaired) electrons. The number of carbonyl (C=O) groups excluding carboxylic acids is 4. The van der Waals surface area contributed by atoms with Crippen molar-refractivity contribution in [3.63, 3.8) is 0 Å². The summed E-state index contributed by atoms with van der Waals surface area (Å²) in [6.07, 6.45) is 2.50. The Bertz CT molecular complexity index is 4260. The first kappa shape index (κ1) is 73.5. The second-order valence-electron chi connectivity index (χ2n) is 25.8. The number of carbonyl (C=O) groups is 4. The molecule has 14 nitrogen and oxygen atoms in total. The summed E-state index contributed by atoms with van der Waals surface area (Å²) in [5.74, 6) is -0.0673. The molecule has 12 aromatic rings. The molecule has 12 aromatic carbocycles. The quantitative estimate of drug-likeness (QED) is 0.0235. The largest absolute Gasteiger partial charge is 0.449 e. The average molecular weight is 1410 g/mol. The van der Waals surface area contributed by atoms with E-state index in [4.69, 9.17) is 28.4 Å². The maximum absolute atomic E-state index is 14.6. The lowest BCUT2D eigenvalue weighted by Gasteiger charge is -2.49. The van der Waals surface area contributed by atoms with Crippen LogP contribution in [0.4, 0.5) is 37.1 Å². The third-order valence-corrected chi connectivity index (χ3v) is 19.1. The smallest absolute Gasteiger partial charge is 0.412 e. The number of ether oxygens (including phenoxy) is 6. The Morgan fingerprint density at radius 1 is 0.264 bits per heavy atom. The molecule has 4 N–H and O–H groups in total. The van der Waals surface area contributed by atoms with Gasteiger partial charge < -0.3 is 33.7 Å². The highest BCUT2D eigenvalue weighted by atomic mass is 16.6. The summed E-state index contributed by atoms with van der Waals surface area (Å²) in [5, 5.41) is 11.9. The van der Waals surface area contributed by atoms with E-state index in [-0.39, 0.29) is 12.5 Å². The molecular formula is C92H86N4O10. The van der Waals surface area contributed by atoms with E-state index in [1.165, 1.54) is 0 Å². The standard InChI is InChI=1S/C92H86N4O10/c1-101-89(73-31-11-3-12-32-73,74-33-13-4-14-34-74)91(77-39-19-7-20-40-77,78-41-21-8-22-42-78)105-87(99)95-83-60-52-71(53-61-83)67-69-48-56-81(57-49-69)93-85(97)47-27-28-64-103-65-29-30-66-104-86(98)94-82-58-50-70(51-59-82)68-72-54-62-84(63-55-72)96-88(100)106-92(79-43-23-9-24-44-79,80-45-25-10-26-46-80)90(102-2,75-35-15-5-16-36-75)76-37-17-6-18-38-76/h3-26,31-46,48-63H,27-30,47,64-68H2,1-2H3,(H,93,97)(H,94,98)(H,95,99)(H,96,100). The topological polar surface area (TPSA) is 172 Å². The molecule has 0 atom stereocenters. The highest BCUT2D eigenvalue weighted by Crippen LogP contribution is 2.56. The number of unbranched alkanes of at least 4 members (excludes halogenated alkanes) is 2. The number of amides is 4. The predicted octanol–water partition coefficient (Wildman–Crippen LogP) is 20.2. The van der Waals surface area contributed by atoms with Crippen molar-refractivity contribution >= 4 is 46.9 Å². The Kier molecular flexibility index (Phi) is 24.8. The first-order chi connectivity index (χ1) is 52.0.